The summed E-state index contributed by atoms with van der Waals surface area (Å²) in [4.78, 5) is 0. The van der Waals surface area contributed by atoms with Crippen LogP contribution >= 0.6 is 0 Å². The van der Waals surface area contributed by atoms with Gasteiger partial charge in [-0.05, 0) is 0 Å². The molecule has 2 rings (SSSR count). The van der Waals surface area contributed by atoms with Crippen molar-refractivity contribution < 1.29 is 16.6 Å². The van der Waals surface area contributed by atoms with Crippen molar-refractivity contribution in [3.05, 3.63) is 43.2 Å². The van der Waals surface area contributed by atoms with Crippen molar-refractivity contribution in [2.24, 2.45) is 11.8 Å². The van der Waals surface area contributed by atoms with Gasteiger partial charge in [-0.1, -0.05) is 0 Å². The summed E-state index contributed by atoms with van der Waals surface area (Å²) < 4.78 is 3.81. The van der Waals surface area contributed by atoms with Crippen molar-refractivity contribution in [1.29, 1.82) is 0 Å². The van der Waals surface area contributed by atoms with Gasteiger partial charge in [0.15, 0.2) is 0 Å². The molecule has 0 heterocycles. The molecule has 2 unspecified atom stereocenters. The summed E-state index contributed by atoms with van der Waals surface area (Å²) in [5.74, 6) is 1.51. The van der Waals surface area contributed by atoms with Crippen LogP contribution in [0, 0.1) is 11.8 Å². The predicted octanol–water partition coefficient (Wildman–Crippen LogP) is 5.60. The van der Waals surface area contributed by atoms with E-state index in [0.717, 1.165) is 11.8 Å². The van der Waals surface area contributed by atoms with Crippen molar-refractivity contribution >= 4 is 6.19 Å². The van der Waals surface area contributed by atoms with Gasteiger partial charge in [0.1, 0.15) is 0 Å². The van der Waals surface area contributed by atoms with Crippen LogP contribution < -0.4 is 0 Å². The van der Waals surface area contributed by atoms with E-state index in [1.54, 1.807) is 11.1 Å². The summed E-state index contributed by atoms with van der Waals surface area (Å²) in [6, 6.07) is 0. The van der Waals surface area contributed by atoms with E-state index in [-0.39, 0.29) is 6.19 Å². The van der Waals surface area contributed by atoms with Gasteiger partial charge in [0.05, 0.1) is 0 Å². The molecule has 0 bridgehead atoms. The van der Waals surface area contributed by atoms with Crippen LogP contribution in [0.4, 0.5) is 0 Å². The molecule has 20 heavy (non-hydrogen) atoms. The van der Waals surface area contributed by atoms with E-state index in [0.29, 0.717) is 0 Å². The third-order valence-electron chi connectivity index (χ3n) is 4.67. The molecule has 2 heteroatoms. The van der Waals surface area contributed by atoms with E-state index in [1.807, 2.05) is 7.76 Å². The summed E-state index contributed by atoms with van der Waals surface area (Å²) in [5.41, 5.74) is 3.22. The zero-order valence-electron chi connectivity index (χ0n) is 13.9. The molecular weight excluding hydrogens is 292 g/mol. The first kappa shape index (κ1) is 16.3. The Kier molecular flexibility index (Phi) is 5.50. The van der Waals surface area contributed by atoms with Crippen LogP contribution in [0.1, 0.15) is 40.5 Å². The van der Waals surface area contributed by atoms with E-state index < -0.39 is 16.6 Å². The Bertz CT molecular complexity index is 510. The van der Waals surface area contributed by atoms with Gasteiger partial charge >= 0.3 is 131 Å². The van der Waals surface area contributed by atoms with Crippen molar-refractivity contribution in [3.8, 4) is 0 Å². The molecule has 0 saturated carbocycles. The molecule has 0 aromatic carbocycles. The number of rotatable bonds is 4. The fraction of sp³-hybridized carbons (Fsp3) is 0.556. The molecule has 2 atom stereocenters. The molecule has 2 aliphatic carbocycles. The molecule has 0 amide bonds. The number of allylic oxidation sites excluding steroid dienone is 8. The van der Waals surface area contributed by atoms with Crippen LogP contribution in [-0.4, -0.2) is 6.19 Å². The predicted molar refractivity (Wildman–Crippen MR) is 88.7 cm³/mol. The zero-order valence-corrected chi connectivity index (χ0v) is 16.4. The minimum absolute atomic E-state index is 0.218. The van der Waals surface area contributed by atoms with Crippen molar-refractivity contribution in [2.45, 2.75) is 53.6 Å². The molecule has 0 spiro atoms. The Morgan fingerprint density at radius 3 is 1.60 bits per heavy atom. The average molecular weight is 320 g/mol. The van der Waals surface area contributed by atoms with Crippen molar-refractivity contribution in [2.75, 3.05) is 0 Å². The SMILES string of the molecule is CCC1C=CC(C)=[C]1[Ti]([C]1=C(C)C=CC1CC)=[Si](C)C. The van der Waals surface area contributed by atoms with Gasteiger partial charge in [0.2, 0.25) is 0 Å². The fourth-order valence-electron chi connectivity index (χ4n) is 3.61. The Balaban J connectivity index is 2.54. The van der Waals surface area contributed by atoms with E-state index >= 15 is 0 Å². The standard InChI is InChI=1S/2C8H11.C2H6Si.Ti/c2*1-3-8-5-4-7(2)6-8;1-3-2;/h2*4-5,8H,3H2,1-2H3;1-2H3;. The van der Waals surface area contributed by atoms with Crippen LogP contribution in [0.25, 0.3) is 0 Å². The molecule has 108 valence electrons. The summed E-state index contributed by atoms with van der Waals surface area (Å²) in [6.07, 6.45) is 12.1. The normalized spacial score (nSPS) is 25.1. The second kappa shape index (κ2) is 6.77. The topological polar surface area (TPSA) is 0 Å². The Labute approximate surface area is 131 Å². The molecule has 0 nitrogen and oxygen atoms in total. The molecule has 0 aliphatic heterocycles. The second-order valence-corrected chi connectivity index (χ2v) is 17.9. The van der Waals surface area contributed by atoms with E-state index in [2.05, 4.69) is 65.1 Å². The molecular formula is C18H28SiTi. The first-order chi connectivity index (χ1) is 9.51. The Morgan fingerprint density at radius 2 is 1.30 bits per heavy atom. The number of hydrogen-bond donors (Lipinski definition) is 0. The van der Waals surface area contributed by atoms with Gasteiger partial charge in [-0.2, -0.15) is 0 Å². The van der Waals surface area contributed by atoms with Crippen LogP contribution in [-0.2, 0) is 16.6 Å². The van der Waals surface area contributed by atoms with Gasteiger partial charge in [-0.3, -0.25) is 0 Å². The van der Waals surface area contributed by atoms with Gasteiger partial charge in [0, 0.05) is 0 Å². The maximum absolute atomic E-state index is 2.57. The molecule has 0 aromatic rings. The summed E-state index contributed by atoms with van der Waals surface area (Å²) in [5, 5.41) is 0. The third kappa shape index (κ3) is 2.91. The van der Waals surface area contributed by atoms with Crippen molar-refractivity contribution in [3.63, 3.8) is 0 Å². The molecule has 2 aliphatic rings. The average Bonchev–Trinajstić information content (AvgIpc) is 2.95. The van der Waals surface area contributed by atoms with Crippen LogP contribution in [0.5, 0.6) is 0 Å². The van der Waals surface area contributed by atoms with Crippen LogP contribution in [0.15, 0.2) is 43.2 Å². The van der Waals surface area contributed by atoms with Gasteiger partial charge < -0.3 is 0 Å². The minimum atomic E-state index is -1.28. The quantitative estimate of drug-likeness (QED) is 0.592. The number of hydrogen-bond acceptors (Lipinski definition) is 0. The first-order valence-corrected chi connectivity index (χ1v) is 14.4. The van der Waals surface area contributed by atoms with Gasteiger partial charge in [-0.15, -0.1) is 0 Å². The summed E-state index contributed by atoms with van der Waals surface area (Å²) >= 11 is -1.28. The maximum atomic E-state index is 2.57. The van der Waals surface area contributed by atoms with Crippen LogP contribution in [0.3, 0.4) is 0 Å². The molecule has 0 N–H and O–H groups in total. The summed E-state index contributed by atoms with van der Waals surface area (Å²) in [7, 11) is 0. The van der Waals surface area contributed by atoms with E-state index in [4.69, 9.17) is 0 Å². The second-order valence-electron chi connectivity index (χ2n) is 6.32. The van der Waals surface area contributed by atoms with Crippen LogP contribution in [0.2, 0.25) is 13.1 Å². The Morgan fingerprint density at radius 1 is 0.900 bits per heavy atom. The molecule has 0 aromatic heterocycles. The third-order valence-corrected chi connectivity index (χ3v) is 16.6. The molecule has 0 radical (unpaired) electrons. The monoisotopic (exact) mass is 320 g/mol. The van der Waals surface area contributed by atoms with Gasteiger partial charge in [-0.25, -0.2) is 0 Å². The zero-order chi connectivity index (χ0) is 14.9. The first-order valence-electron chi connectivity index (χ1n) is 7.97. The fourth-order valence-corrected chi connectivity index (χ4v) is 16.9. The Hall–Kier alpha value is -0.109. The molecule has 0 saturated heterocycles. The van der Waals surface area contributed by atoms with Gasteiger partial charge in [0.25, 0.3) is 0 Å². The van der Waals surface area contributed by atoms with Crippen molar-refractivity contribution in [1.82, 2.24) is 0 Å². The van der Waals surface area contributed by atoms with E-state index in [9.17, 15) is 0 Å². The summed E-state index contributed by atoms with van der Waals surface area (Å²) in [6.45, 7) is 14.6. The molecule has 0 fully saturated rings. The van der Waals surface area contributed by atoms with E-state index in [1.165, 1.54) is 12.8 Å².